The molecule has 0 aromatic carbocycles. The van der Waals surface area contributed by atoms with Gasteiger partial charge in [-0.3, -0.25) is 14.9 Å². The molecule has 1 aromatic rings. The van der Waals surface area contributed by atoms with Crippen LogP contribution in [0, 0.1) is 74.9 Å². The third-order valence-electron chi connectivity index (χ3n) is 20.9. The number of fused-ring (bicyclic) bond motifs is 4. The summed E-state index contributed by atoms with van der Waals surface area (Å²) in [6.07, 6.45) is 11.0. The maximum Gasteiger partial charge on any atom is 0.339 e. The van der Waals surface area contributed by atoms with Gasteiger partial charge in [0.2, 0.25) is 0 Å². The molecule has 2 bridgehead atoms. The first kappa shape index (κ1) is 42.5. The molecule has 5 saturated heterocycles. The monoisotopic (exact) mass is 886 g/mol. The van der Waals surface area contributed by atoms with Crippen LogP contribution in [-0.4, -0.2) is 106 Å². The number of cyclic esters (lactones) is 2. The number of aliphatic hydroxyl groups is 3. The predicted octanol–water partition coefficient (Wildman–Crippen LogP) is 5.24. The van der Waals surface area contributed by atoms with Crippen molar-refractivity contribution < 1.29 is 53.1 Å². The van der Waals surface area contributed by atoms with E-state index in [1.165, 1.54) is 0 Å². The van der Waals surface area contributed by atoms with Crippen LogP contribution < -0.4 is 5.32 Å². The fraction of sp³-hybridized carbons (Fsp3) is 0.824. The summed E-state index contributed by atoms with van der Waals surface area (Å²) in [6.45, 7) is 12.0. The van der Waals surface area contributed by atoms with E-state index in [9.17, 15) is 24.9 Å². The number of furan rings is 1. The van der Waals surface area contributed by atoms with E-state index in [2.05, 4.69) is 43.3 Å². The van der Waals surface area contributed by atoms with Crippen molar-refractivity contribution in [2.75, 3.05) is 26.4 Å². The second-order valence-electron chi connectivity index (χ2n) is 24.0. The highest BCUT2D eigenvalue weighted by Gasteiger charge is 2.93. The second kappa shape index (κ2) is 14.1. The van der Waals surface area contributed by atoms with E-state index >= 15 is 4.79 Å². The highest BCUT2D eigenvalue weighted by atomic mass is 16.7. The van der Waals surface area contributed by atoms with Gasteiger partial charge in [0.15, 0.2) is 11.9 Å². The molecule has 6 aliphatic heterocycles. The summed E-state index contributed by atoms with van der Waals surface area (Å²) in [5.41, 5.74) is -5.00. The summed E-state index contributed by atoms with van der Waals surface area (Å²) in [4.78, 5) is 47.0. The van der Waals surface area contributed by atoms with Crippen molar-refractivity contribution in [2.24, 2.45) is 74.9 Å². The van der Waals surface area contributed by atoms with Gasteiger partial charge in [-0.1, -0.05) is 46.6 Å². The molecule has 1 aromatic heterocycles. The number of hydrogen-bond donors (Lipinski definition) is 4. The number of esters is 2. The minimum atomic E-state index is -1.47. The molecule has 0 amide bonds. The largest absolute Gasteiger partial charge is 0.469 e. The summed E-state index contributed by atoms with van der Waals surface area (Å²) in [6, 6.07) is 2.36. The lowest BCUT2D eigenvalue weighted by atomic mass is 9.34. The van der Waals surface area contributed by atoms with Crippen molar-refractivity contribution in [3.05, 3.63) is 35.9 Å². The Labute approximate surface area is 376 Å². The minimum absolute atomic E-state index is 0.0420. The topological polar surface area (TPSA) is 181 Å². The smallest absolute Gasteiger partial charge is 0.339 e. The van der Waals surface area contributed by atoms with Gasteiger partial charge in [0, 0.05) is 40.8 Å². The number of carbonyl (C=O) groups excluding carboxylic acids is 3. The number of nitrogens with zero attached hydrogens (tertiary/aromatic N) is 1. The molecule has 13 nitrogen and oxygen atoms in total. The zero-order valence-electron chi connectivity index (χ0n) is 38.3. The zero-order valence-corrected chi connectivity index (χ0v) is 38.3. The quantitative estimate of drug-likeness (QED) is 0.187. The highest BCUT2D eigenvalue weighted by molar-refractivity contribution is 5.92. The van der Waals surface area contributed by atoms with Crippen molar-refractivity contribution in [3.63, 3.8) is 0 Å². The first-order chi connectivity index (χ1) is 30.6. The SMILES string of the molecule is CC(C)CC[C@]1(C)O[C@H]2[C@@H]3C(=O)OC[C@]24[C@H]2[C@@H](CC35CCCC5)C[C@@]3(C)[C@H](c5ccoc5C[C@@H]([C@H]5CC[C@H]6[C@H](C=CN7CNC[C@H]67)C5)[C@H](O)CO)OC(=O)[C@H]5O[C@]53[C@]2(C)[C@H](O)C(=O)[C@@H]41. The number of Topliss-reactive ketones (excluding diaryl/α,β-unsaturated/α-hetero) is 1. The maximum absolute atomic E-state index is 15.6. The van der Waals surface area contributed by atoms with Crippen LogP contribution in [0.25, 0.3) is 0 Å². The third-order valence-corrected chi connectivity index (χ3v) is 20.9. The molecule has 12 rings (SSSR count). The van der Waals surface area contributed by atoms with Gasteiger partial charge in [0.25, 0.3) is 0 Å². The fourth-order valence-corrected chi connectivity index (χ4v) is 18.6. The van der Waals surface area contributed by atoms with Gasteiger partial charge in [0.1, 0.15) is 30.2 Å². The molecule has 0 radical (unpaired) electrons. The Morgan fingerprint density at radius 1 is 1.02 bits per heavy atom. The van der Waals surface area contributed by atoms with Crippen LogP contribution in [0.5, 0.6) is 0 Å². The first-order valence-electron chi connectivity index (χ1n) is 25.0. The van der Waals surface area contributed by atoms with E-state index in [-0.39, 0.29) is 48.6 Å². The third kappa shape index (κ3) is 5.21. The number of rotatable bonds is 9. The normalized spacial score (nSPS) is 49.9. The van der Waals surface area contributed by atoms with Gasteiger partial charge < -0.3 is 43.6 Å². The Hall–Kier alpha value is -2.81. The van der Waals surface area contributed by atoms with Crippen LogP contribution in [-0.2, 0) is 39.8 Å². The molecular weight excluding hydrogens is 817 g/mol. The average molecular weight is 887 g/mol. The van der Waals surface area contributed by atoms with E-state index in [1.807, 2.05) is 19.9 Å². The summed E-state index contributed by atoms with van der Waals surface area (Å²) in [7, 11) is 0. The molecule has 350 valence electrons. The molecular formula is C51H70N2O11. The molecule has 10 fully saturated rings. The number of ether oxygens (including phenoxy) is 4. The molecule has 7 heterocycles. The van der Waals surface area contributed by atoms with E-state index in [1.54, 1.807) is 6.26 Å². The first-order valence-corrected chi connectivity index (χ1v) is 25.0. The highest BCUT2D eigenvalue weighted by Crippen LogP contribution is 2.84. The van der Waals surface area contributed by atoms with Gasteiger partial charge in [-0.05, 0) is 124 Å². The van der Waals surface area contributed by atoms with Gasteiger partial charge in [-0.15, -0.1) is 0 Å². The molecule has 13 heteroatoms. The van der Waals surface area contributed by atoms with Gasteiger partial charge >= 0.3 is 11.9 Å². The molecule has 5 saturated carbocycles. The summed E-state index contributed by atoms with van der Waals surface area (Å²) < 4.78 is 33.7. The Bertz CT molecular complexity index is 2130. The van der Waals surface area contributed by atoms with Crippen molar-refractivity contribution in [1.82, 2.24) is 10.2 Å². The summed E-state index contributed by atoms with van der Waals surface area (Å²) in [5, 5.41) is 38.7. The van der Waals surface area contributed by atoms with Crippen molar-refractivity contribution in [2.45, 2.75) is 159 Å². The summed E-state index contributed by atoms with van der Waals surface area (Å²) in [5.74, 6) is -0.996. The van der Waals surface area contributed by atoms with Gasteiger partial charge in [0.05, 0.1) is 49.2 Å². The Balaban J connectivity index is 0.952. The lowest BCUT2D eigenvalue weighted by molar-refractivity contribution is -0.266. The standard InChI is InChI=1S/C51H70N2O11/c1-26(2)10-15-47(4)39-37(56)40(57)48(5)38-29(21-49(13-6-7-14-49)36-42(63-47)50(38,39)24-61-44(36)58)20-46(3)41(62-45(59)43-51(46,48)64-43)31-12-17-60-35(31)19-32(34(55)23-54)27-8-9-30-28(18-27)11-16-53-25-52-22-33(30)53/h11-12,16-17,26-30,32-34,36,38-43,52,54-55,57H,6-10,13-15,18-25H2,1-5H3/t27-,28+,29+,30-,32-,33+,34+,36+,38-,39+,40+,41-,42-,43+,46-,47-,48-,50+,51+/m0/s1. The van der Waals surface area contributed by atoms with Crippen LogP contribution >= 0.6 is 0 Å². The van der Waals surface area contributed by atoms with E-state index in [0.717, 1.165) is 71.0 Å². The number of hydrogen-bond acceptors (Lipinski definition) is 13. The van der Waals surface area contributed by atoms with Crippen LogP contribution in [0.15, 0.2) is 29.0 Å². The van der Waals surface area contributed by atoms with E-state index in [0.29, 0.717) is 54.4 Å². The van der Waals surface area contributed by atoms with Crippen LogP contribution in [0.1, 0.15) is 123 Å². The molecule has 11 aliphatic rings. The molecule has 5 aliphatic carbocycles. The van der Waals surface area contributed by atoms with Crippen LogP contribution in [0.4, 0.5) is 0 Å². The van der Waals surface area contributed by atoms with Crippen molar-refractivity contribution in [1.29, 1.82) is 0 Å². The lowest BCUT2D eigenvalue weighted by Gasteiger charge is -2.68. The molecule has 0 unspecified atom stereocenters. The number of aliphatic hydroxyl groups excluding tert-OH is 3. The van der Waals surface area contributed by atoms with E-state index < -0.39 is 81.2 Å². The molecule has 4 N–H and O–H groups in total. The Morgan fingerprint density at radius 2 is 1.81 bits per heavy atom. The Kier molecular flexibility index (Phi) is 9.39. The zero-order chi connectivity index (χ0) is 44.5. The number of allylic oxidation sites excluding steroid dienone is 1. The van der Waals surface area contributed by atoms with Gasteiger partial charge in [-0.2, -0.15) is 0 Å². The molecule has 3 spiro atoms. The number of ketones is 1. The fourth-order valence-electron chi connectivity index (χ4n) is 18.6. The average Bonchev–Trinajstić information content (AvgIpc) is 3.65. The second-order valence-corrected chi connectivity index (χ2v) is 24.0. The lowest BCUT2D eigenvalue weighted by Crippen LogP contribution is -2.78. The van der Waals surface area contributed by atoms with Gasteiger partial charge in [-0.25, -0.2) is 4.79 Å². The number of epoxide rings is 1. The number of nitrogens with one attached hydrogen (secondary N) is 1. The minimum Gasteiger partial charge on any atom is -0.469 e. The molecule has 64 heavy (non-hydrogen) atoms. The number of carbonyl (C=O) groups is 3. The summed E-state index contributed by atoms with van der Waals surface area (Å²) >= 11 is 0. The van der Waals surface area contributed by atoms with Crippen LogP contribution in [0.3, 0.4) is 0 Å². The predicted molar refractivity (Wildman–Crippen MR) is 229 cm³/mol. The Morgan fingerprint density at radius 3 is 2.58 bits per heavy atom. The maximum atomic E-state index is 15.6. The van der Waals surface area contributed by atoms with Crippen LogP contribution in [0.2, 0.25) is 0 Å². The van der Waals surface area contributed by atoms with E-state index in [4.69, 9.17) is 23.4 Å². The van der Waals surface area contributed by atoms with Crippen molar-refractivity contribution in [3.8, 4) is 0 Å². The van der Waals surface area contributed by atoms with Crippen molar-refractivity contribution >= 4 is 17.7 Å². The molecule has 19 atom stereocenters.